The Morgan fingerprint density at radius 1 is 1.08 bits per heavy atom. The molecule has 0 atom stereocenters. The summed E-state index contributed by atoms with van der Waals surface area (Å²) in [6.07, 6.45) is -3.33. The van der Waals surface area contributed by atoms with Gasteiger partial charge in [-0.1, -0.05) is 12.1 Å². The smallest absolute Gasteiger partial charge is 0.276 e. The topological polar surface area (TPSA) is 24.1 Å². The first-order chi connectivity index (χ1) is 5.77. The third-order valence-corrected chi connectivity index (χ3v) is 1.80. The van der Waals surface area contributed by atoms with Crippen molar-refractivity contribution in [2.75, 3.05) is 10.6 Å². The first-order valence-corrected chi connectivity index (χ1v) is 3.67. The van der Waals surface area contributed by atoms with Gasteiger partial charge in [-0.05, 0) is 12.1 Å². The maximum absolute atomic E-state index is 12.2. The van der Waals surface area contributed by atoms with E-state index in [0.29, 0.717) is 0 Å². The van der Waals surface area contributed by atoms with Crippen molar-refractivity contribution in [3.63, 3.8) is 0 Å². The molecule has 2 nitrogen and oxygen atoms in total. The lowest BCUT2D eigenvalue weighted by molar-refractivity contribution is 0.135. The first-order valence-electron chi connectivity index (χ1n) is 3.67. The standard InChI is InChI=1S/C8H8F2N2/c9-7(10)8-11-5-3-1-2-4-6(5)12-8/h1-4,7-8,11-12H. The summed E-state index contributed by atoms with van der Waals surface area (Å²) in [4.78, 5) is 0. The fraction of sp³-hybridized carbons (Fsp3) is 0.250. The van der Waals surface area contributed by atoms with Gasteiger partial charge in [0.05, 0.1) is 11.4 Å². The quantitative estimate of drug-likeness (QED) is 0.674. The minimum Gasteiger partial charge on any atom is -0.359 e. The molecule has 12 heavy (non-hydrogen) atoms. The Labute approximate surface area is 68.6 Å². The number of hydrogen-bond acceptors (Lipinski definition) is 2. The van der Waals surface area contributed by atoms with Gasteiger partial charge in [-0.2, -0.15) is 0 Å². The van der Waals surface area contributed by atoms with E-state index >= 15 is 0 Å². The average Bonchev–Trinajstić information content (AvgIpc) is 2.46. The third-order valence-electron chi connectivity index (χ3n) is 1.80. The maximum Gasteiger partial charge on any atom is 0.276 e. The fourth-order valence-corrected chi connectivity index (χ4v) is 1.23. The van der Waals surface area contributed by atoms with Gasteiger partial charge in [0.1, 0.15) is 0 Å². The van der Waals surface area contributed by atoms with Gasteiger partial charge in [0, 0.05) is 0 Å². The number of fused-ring (bicyclic) bond motifs is 1. The van der Waals surface area contributed by atoms with Crippen molar-refractivity contribution >= 4 is 11.4 Å². The maximum atomic E-state index is 12.2. The van der Waals surface area contributed by atoms with Crippen molar-refractivity contribution in [3.8, 4) is 0 Å². The van der Waals surface area contributed by atoms with Crippen LogP contribution in [0.1, 0.15) is 0 Å². The number of rotatable bonds is 1. The second kappa shape index (κ2) is 2.62. The number of benzene rings is 1. The predicted molar refractivity (Wildman–Crippen MR) is 43.5 cm³/mol. The van der Waals surface area contributed by atoms with Crippen LogP contribution in [-0.4, -0.2) is 12.6 Å². The molecule has 0 aliphatic carbocycles. The lowest BCUT2D eigenvalue weighted by Crippen LogP contribution is -2.30. The zero-order valence-electron chi connectivity index (χ0n) is 6.22. The Bertz CT molecular complexity index is 263. The normalized spacial score (nSPS) is 15.6. The van der Waals surface area contributed by atoms with Crippen molar-refractivity contribution in [2.45, 2.75) is 12.6 Å². The number of para-hydroxylation sites is 2. The van der Waals surface area contributed by atoms with Gasteiger partial charge in [0.2, 0.25) is 0 Å². The van der Waals surface area contributed by atoms with E-state index in [4.69, 9.17) is 0 Å². The van der Waals surface area contributed by atoms with Gasteiger partial charge >= 0.3 is 0 Å². The molecule has 1 aliphatic heterocycles. The Hall–Kier alpha value is -1.32. The van der Waals surface area contributed by atoms with Crippen LogP contribution in [0.4, 0.5) is 20.2 Å². The molecule has 1 aromatic carbocycles. The number of anilines is 2. The van der Waals surface area contributed by atoms with Crippen LogP contribution in [0.3, 0.4) is 0 Å². The molecule has 0 bridgehead atoms. The molecule has 0 radical (unpaired) electrons. The van der Waals surface area contributed by atoms with E-state index in [0.717, 1.165) is 11.4 Å². The molecule has 1 aromatic rings. The molecule has 2 rings (SSSR count). The summed E-state index contributed by atoms with van der Waals surface area (Å²) < 4.78 is 24.4. The Balaban J connectivity index is 2.22. The van der Waals surface area contributed by atoms with E-state index in [1.54, 1.807) is 24.3 Å². The molecular formula is C8H8F2N2. The molecule has 0 saturated heterocycles. The zero-order chi connectivity index (χ0) is 8.55. The number of halogens is 2. The SMILES string of the molecule is FC(F)C1Nc2ccccc2N1. The molecule has 0 aromatic heterocycles. The minimum atomic E-state index is -2.39. The molecule has 0 fully saturated rings. The third kappa shape index (κ3) is 1.09. The van der Waals surface area contributed by atoms with Crippen LogP contribution < -0.4 is 10.6 Å². The zero-order valence-corrected chi connectivity index (χ0v) is 6.22. The first kappa shape index (κ1) is 7.34. The van der Waals surface area contributed by atoms with E-state index in [1.807, 2.05) is 0 Å². The van der Waals surface area contributed by atoms with E-state index in [9.17, 15) is 8.78 Å². The highest BCUT2D eigenvalue weighted by Gasteiger charge is 2.26. The van der Waals surface area contributed by atoms with Crippen LogP contribution in [-0.2, 0) is 0 Å². The summed E-state index contributed by atoms with van der Waals surface area (Å²) in [7, 11) is 0. The van der Waals surface area contributed by atoms with E-state index < -0.39 is 12.6 Å². The lowest BCUT2D eigenvalue weighted by atomic mass is 10.3. The average molecular weight is 170 g/mol. The van der Waals surface area contributed by atoms with E-state index in [1.165, 1.54) is 0 Å². The fourth-order valence-electron chi connectivity index (χ4n) is 1.23. The molecular weight excluding hydrogens is 162 g/mol. The van der Waals surface area contributed by atoms with E-state index in [-0.39, 0.29) is 0 Å². The molecule has 0 spiro atoms. The van der Waals surface area contributed by atoms with Gasteiger partial charge in [-0.15, -0.1) is 0 Å². The van der Waals surface area contributed by atoms with Gasteiger partial charge < -0.3 is 10.6 Å². The summed E-state index contributed by atoms with van der Waals surface area (Å²) >= 11 is 0. The lowest BCUT2D eigenvalue weighted by Gasteiger charge is -2.09. The van der Waals surface area contributed by atoms with Gasteiger partial charge in [0.25, 0.3) is 6.43 Å². The summed E-state index contributed by atoms with van der Waals surface area (Å²) in [5, 5.41) is 5.35. The van der Waals surface area contributed by atoms with Gasteiger partial charge in [0.15, 0.2) is 6.17 Å². The Morgan fingerprint density at radius 3 is 2.00 bits per heavy atom. The van der Waals surface area contributed by atoms with Crippen LogP contribution in [0.2, 0.25) is 0 Å². The molecule has 0 amide bonds. The highest BCUT2D eigenvalue weighted by molar-refractivity contribution is 5.74. The number of hydrogen-bond donors (Lipinski definition) is 2. The summed E-state index contributed by atoms with van der Waals surface area (Å²) in [5.41, 5.74) is 1.48. The highest BCUT2D eigenvalue weighted by Crippen LogP contribution is 2.29. The predicted octanol–water partition coefficient (Wildman–Crippen LogP) is 2.12. The van der Waals surface area contributed by atoms with Crippen LogP contribution >= 0.6 is 0 Å². The molecule has 64 valence electrons. The monoisotopic (exact) mass is 170 g/mol. The summed E-state index contributed by atoms with van der Waals surface area (Å²) in [5.74, 6) is 0. The molecule has 0 unspecified atom stereocenters. The highest BCUT2D eigenvalue weighted by atomic mass is 19.3. The molecule has 4 heteroatoms. The largest absolute Gasteiger partial charge is 0.359 e. The summed E-state index contributed by atoms with van der Waals surface area (Å²) in [6, 6.07) is 7.15. The van der Waals surface area contributed by atoms with E-state index in [2.05, 4.69) is 10.6 Å². The Morgan fingerprint density at radius 2 is 1.58 bits per heavy atom. The summed E-state index contributed by atoms with van der Waals surface area (Å²) in [6.45, 7) is 0. The molecule has 1 aliphatic rings. The van der Waals surface area contributed by atoms with Gasteiger partial charge in [-0.3, -0.25) is 0 Å². The van der Waals surface area contributed by atoms with Crippen molar-refractivity contribution < 1.29 is 8.78 Å². The molecule has 2 N–H and O–H groups in total. The number of alkyl halides is 2. The second-order valence-corrected chi connectivity index (χ2v) is 2.65. The van der Waals surface area contributed by atoms with Crippen LogP contribution in [0.15, 0.2) is 24.3 Å². The second-order valence-electron chi connectivity index (χ2n) is 2.65. The molecule has 0 saturated carbocycles. The minimum absolute atomic E-state index is 0.739. The van der Waals surface area contributed by atoms with Crippen molar-refractivity contribution in [1.29, 1.82) is 0 Å². The van der Waals surface area contributed by atoms with Crippen molar-refractivity contribution in [2.24, 2.45) is 0 Å². The van der Waals surface area contributed by atoms with Crippen molar-refractivity contribution in [3.05, 3.63) is 24.3 Å². The molecule has 1 heterocycles. The Kier molecular flexibility index (Phi) is 1.60. The van der Waals surface area contributed by atoms with Crippen molar-refractivity contribution in [1.82, 2.24) is 0 Å². The van der Waals surface area contributed by atoms with Crippen LogP contribution in [0, 0.1) is 0 Å². The van der Waals surface area contributed by atoms with Gasteiger partial charge in [-0.25, -0.2) is 8.78 Å². The van der Waals surface area contributed by atoms with Crippen LogP contribution in [0.5, 0.6) is 0 Å². The number of nitrogens with one attached hydrogen (secondary N) is 2. The van der Waals surface area contributed by atoms with Crippen LogP contribution in [0.25, 0.3) is 0 Å².